The van der Waals surface area contributed by atoms with Crippen molar-refractivity contribution in [2.75, 3.05) is 13.6 Å². The molecule has 92 valence electrons. The molecular weight excluding hydrogens is 251 g/mol. The highest BCUT2D eigenvalue weighted by Gasteiger charge is 2.03. The maximum absolute atomic E-state index is 10.3. The van der Waals surface area contributed by atoms with Crippen LogP contribution in [0.3, 0.4) is 0 Å². The minimum absolute atomic E-state index is 0. The maximum Gasteiger partial charge on any atom is 0.304 e. The Hall–Kier alpha value is -0.840. The van der Waals surface area contributed by atoms with E-state index in [9.17, 15) is 4.79 Å². The lowest BCUT2D eigenvalue weighted by atomic mass is 10.3. The first-order valence-corrected chi connectivity index (χ1v) is 4.48. The molecule has 1 aromatic heterocycles. The number of halogens is 2. The lowest BCUT2D eigenvalue weighted by molar-refractivity contribution is -0.137. The molecular formula is C10H16Cl2N2O2. The van der Waals surface area contributed by atoms with Crippen molar-refractivity contribution in [2.45, 2.75) is 13.0 Å². The average molecular weight is 267 g/mol. The summed E-state index contributed by atoms with van der Waals surface area (Å²) in [6.07, 6.45) is 1.91. The van der Waals surface area contributed by atoms with Crippen molar-refractivity contribution in [3.63, 3.8) is 0 Å². The predicted molar refractivity (Wildman–Crippen MR) is 67.3 cm³/mol. The molecule has 0 aliphatic carbocycles. The highest BCUT2D eigenvalue weighted by molar-refractivity contribution is 5.85. The zero-order valence-electron chi connectivity index (χ0n) is 9.00. The Kier molecular flexibility index (Phi) is 10.3. The van der Waals surface area contributed by atoms with E-state index in [0.29, 0.717) is 13.1 Å². The van der Waals surface area contributed by atoms with Crippen LogP contribution in [-0.2, 0) is 11.3 Å². The average Bonchev–Trinajstić information content (AvgIpc) is 2.16. The number of aromatic nitrogens is 1. The third-order valence-electron chi connectivity index (χ3n) is 1.87. The van der Waals surface area contributed by atoms with E-state index in [2.05, 4.69) is 4.98 Å². The molecule has 0 spiro atoms. The zero-order valence-corrected chi connectivity index (χ0v) is 10.6. The number of carboxylic acids is 1. The molecule has 6 heteroatoms. The second kappa shape index (κ2) is 9.39. The van der Waals surface area contributed by atoms with Gasteiger partial charge in [0.1, 0.15) is 0 Å². The van der Waals surface area contributed by atoms with E-state index in [1.807, 2.05) is 30.1 Å². The number of rotatable bonds is 5. The van der Waals surface area contributed by atoms with Crippen LogP contribution >= 0.6 is 24.8 Å². The SMILES string of the molecule is CN(CCC(=O)O)Cc1ccccn1.Cl.Cl. The molecule has 1 N–H and O–H groups in total. The van der Waals surface area contributed by atoms with Gasteiger partial charge in [-0.2, -0.15) is 0 Å². The van der Waals surface area contributed by atoms with Gasteiger partial charge in [-0.25, -0.2) is 0 Å². The van der Waals surface area contributed by atoms with E-state index in [4.69, 9.17) is 5.11 Å². The normalized spacial score (nSPS) is 9.12. The molecule has 4 nitrogen and oxygen atoms in total. The molecule has 1 heterocycles. The Morgan fingerprint density at radius 2 is 2.12 bits per heavy atom. The van der Waals surface area contributed by atoms with Gasteiger partial charge in [-0.3, -0.25) is 14.7 Å². The molecule has 0 aliphatic heterocycles. The van der Waals surface area contributed by atoms with Gasteiger partial charge in [0.05, 0.1) is 12.1 Å². The number of aliphatic carboxylic acids is 1. The van der Waals surface area contributed by atoms with Gasteiger partial charge in [0.15, 0.2) is 0 Å². The monoisotopic (exact) mass is 266 g/mol. The quantitative estimate of drug-likeness (QED) is 0.884. The van der Waals surface area contributed by atoms with E-state index >= 15 is 0 Å². The Bertz CT molecular complexity index is 296. The highest BCUT2D eigenvalue weighted by Crippen LogP contribution is 1.99. The summed E-state index contributed by atoms with van der Waals surface area (Å²) in [4.78, 5) is 16.4. The van der Waals surface area contributed by atoms with Crippen LogP contribution in [0.25, 0.3) is 0 Å². The van der Waals surface area contributed by atoms with Crippen molar-refractivity contribution in [2.24, 2.45) is 0 Å². The van der Waals surface area contributed by atoms with Gasteiger partial charge in [-0.1, -0.05) is 6.07 Å². The van der Waals surface area contributed by atoms with E-state index in [1.54, 1.807) is 6.20 Å². The first kappa shape index (κ1) is 17.6. The smallest absolute Gasteiger partial charge is 0.304 e. The molecule has 0 fully saturated rings. The summed E-state index contributed by atoms with van der Waals surface area (Å²) in [6, 6.07) is 5.71. The van der Waals surface area contributed by atoms with Crippen LogP contribution in [0.4, 0.5) is 0 Å². The van der Waals surface area contributed by atoms with E-state index < -0.39 is 5.97 Å². The van der Waals surface area contributed by atoms with Gasteiger partial charge in [0.2, 0.25) is 0 Å². The number of pyridine rings is 1. The van der Waals surface area contributed by atoms with Crippen molar-refractivity contribution < 1.29 is 9.90 Å². The van der Waals surface area contributed by atoms with Gasteiger partial charge in [0, 0.05) is 19.3 Å². The molecule has 16 heavy (non-hydrogen) atoms. The van der Waals surface area contributed by atoms with Crippen LogP contribution in [0.1, 0.15) is 12.1 Å². The number of carboxylic acid groups (broad SMARTS) is 1. The van der Waals surface area contributed by atoms with Crippen molar-refractivity contribution in [1.29, 1.82) is 0 Å². The number of carbonyl (C=O) groups is 1. The molecule has 0 unspecified atom stereocenters. The standard InChI is InChI=1S/C10H14N2O2.2ClH/c1-12(7-5-10(13)14)8-9-4-2-3-6-11-9;;/h2-4,6H,5,7-8H2,1H3,(H,13,14);2*1H. The Balaban J connectivity index is 0. The summed E-state index contributed by atoms with van der Waals surface area (Å²) in [5.74, 6) is -0.766. The number of nitrogens with zero attached hydrogens (tertiary/aromatic N) is 2. The van der Waals surface area contributed by atoms with E-state index in [1.165, 1.54) is 0 Å². The zero-order chi connectivity index (χ0) is 10.4. The fourth-order valence-electron chi connectivity index (χ4n) is 1.13. The van der Waals surface area contributed by atoms with Crippen LogP contribution in [0, 0.1) is 0 Å². The molecule has 1 rings (SSSR count). The van der Waals surface area contributed by atoms with Crippen molar-refractivity contribution in [3.8, 4) is 0 Å². The summed E-state index contributed by atoms with van der Waals surface area (Å²) < 4.78 is 0. The van der Waals surface area contributed by atoms with E-state index in [0.717, 1.165) is 5.69 Å². The molecule has 1 aromatic rings. The molecule has 0 aromatic carbocycles. The maximum atomic E-state index is 10.3. The third kappa shape index (κ3) is 7.45. The highest BCUT2D eigenvalue weighted by atomic mass is 35.5. The van der Waals surface area contributed by atoms with Crippen molar-refractivity contribution in [1.82, 2.24) is 9.88 Å². The number of hydrogen-bond donors (Lipinski definition) is 1. The summed E-state index contributed by atoms with van der Waals surface area (Å²) in [5.41, 5.74) is 0.959. The minimum atomic E-state index is -0.766. The van der Waals surface area contributed by atoms with Crippen molar-refractivity contribution >= 4 is 30.8 Å². The first-order valence-electron chi connectivity index (χ1n) is 4.48. The lowest BCUT2D eigenvalue weighted by Gasteiger charge is -2.14. The first-order chi connectivity index (χ1) is 6.68. The molecule has 0 atom stereocenters. The van der Waals surface area contributed by atoms with Crippen LogP contribution in [-0.4, -0.2) is 34.6 Å². The molecule has 0 radical (unpaired) electrons. The van der Waals surface area contributed by atoms with Gasteiger partial charge < -0.3 is 5.11 Å². The number of hydrogen-bond acceptors (Lipinski definition) is 3. The van der Waals surface area contributed by atoms with Crippen molar-refractivity contribution in [3.05, 3.63) is 30.1 Å². The Morgan fingerprint density at radius 1 is 1.44 bits per heavy atom. The molecule has 0 saturated heterocycles. The molecule has 0 amide bonds. The fraction of sp³-hybridized carbons (Fsp3) is 0.400. The largest absolute Gasteiger partial charge is 0.481 e. The summed E-state index contributed by atoms with van der Waals surface area (Å²) in [7, 11) is 1.89. The topological polar surface area (TPSA) is 53.4 Å². The summed E-state index contributed by atoms with van der Waals surface area (Å²) >= 11 is 0. The fourth-order valence-corrected chi connectivity index (χ4v) is 1.13. The van der Waals surface area contributed by atoms with Gasteiger partial charge >= 0.3 is 5.97 Å². The van der Waals surface area contributed by atoms with Gasteiger partial charge in [-0.15, -0.1) is 24.8 Å². The second-order valence-electron chi connectivity index (χ2n) is 3.20. The van der Waals surface area contributed by atoms with Crippen LogP contribution in [0.15, 0.2) is 24.4 Å². The Morgan fingerprint density at radius 3 is 2.62 bits per heavy atom. The Labute approximate surface area is 107 Å². The lowest BCUT2D eigenvalue weighted by Crippen LogP contribution is -2.21. The molecule has 0 aliphatic rings. The summed E-state index contributed by atoms with van der Waals surface area (Å²) in [6.45, 7) is 1.24. The van der Waals surface area contributed by atoms with Gasteiger partial charge in [-0.05, 0) is 19.2 Å². The molecule has 0 saturated carbocycles. The summed E-state index contributed by atoms with van der Waals surface area (Å²) in [5, 5.41) is 8.49. The van der Waals surface area contributed by atoms with Gasteiger partial charge in [0.25, 0.3) is 0 Å². The van der Waals surface area contributed by atoms with Crippen LogP contribution < -0.4 is 0 Å². The van der Waals surface area contributed by atoms with Crippen LogP contribution in [0.5, 0.6) is 0 Å². The predicted octanol–water partition coefficient (Wildman–Crippen LogP) is 1.83. The minimum Gasteiger partial charge on any atom is -0.481 e. The van der Waals surface area contributed by atoms with E-state index in [-0.39, 0.29) is 31.2 Å². The molecule has 0 bridgehead atoms. The third-order valence-corrected chi connectivity index (χ3v) is 1.87. The van der Waals surface area contributed by atoms with Crippen LogP contribution in [0.2, 0.25) is 0 Å². The second-order valence-corrected chi connectivity index (χ2v) is 3.20.